The maximum atomic E-state index is 4.78. The summed E-state index contributed by atoms with van der Waals surface area (Å²) in [6.45, 7) is 0.797. The fraction of sp³-hybridized carbons (Fsp3) is 0.0385. The molecule has 0 saturated carbocycles. The molecule has 5 heterocycles. The Labute approximate surface area is 178 Å². The van der Waals surface area contributed by atoms with Gasteiger partial charge in [-0.05, 0) is 36.4 Å². The molecule has 7 rings (SSSR count). The highest BCUT2D eigenvalue weighted by atomic mass is 15.3. The van der Waals surface area contributed by atoms with Crippen LogP contribution in [0.1, 0.15) is 5.56 Å². The van der Waals surface area contributed by atoms with Gasteiger partial charge in [0.15, 0.2) is 5.52 Å². The Bertz CT molecular complexity index is 1590. The van der Waals surface area contributed by atoms with Gasteiger partial charge in [-0.25, -0.2) is 18.7 Å². The molecular weight excluding hydrogens is 382 g/mol. The number of hydrogen-bond acceptors (Lipinski definition) is 2. The molecule has 6 aromatic rings. The number of pyridine rings is 2. The molecule has 5 heteroatoms. The van der Waals surface area contributed by atoms with Crippen LogP contribution < -0.4 is 4.57 Å². The number of fused-ring (bicyclic) bond motifs is 7. The largest absolute Gasteiger partial charge is 0.275 e. The van der Waals surface area contributed by atoms with E-state index in [2.05, 4.69) is 91.5 Å². The molecule has 4 aromatic heterocycles. The van der Waals surface area contributed by atoms with Gasteiger partial charge in [-0.1, -0.05) is 42.5 Å². The molecule has 1 aliphatic rings. The van der Waals surface area contributed by atoms with Crippen molar-refractivity contribution in [1.29, 1.82) is 0 Å². The average molecular weight is 400 g/mol. The Kier molecular flexibility index (Phi) is 3.27. The second-order valence-electron chi connectivity index (χ2n) is 7.83. The van der Waals surface area contributed by atoms with Gasteiger partial charge in [-0.2, -0.15) is 0 Å². The van der Waals surface area contributed by atoms with Crippen molar-refractivity contribution in [3.8, 4) is 22.9 Å². The van der Waals surface area contributed by atoms with E-state index in [0.717, 1.165) is 51.5 Å². The summed E-state index contributed by atoms with van der Waals surface area (Å²) in [5.74, 6) is 1.11. The zero-order chi connectivity index (χ0) is 20.4. The lowest BCUT2D eigenvalue weighted by Gasteiger charge is -2.04. The van der Waals surface area contributed by atoms with E-state index in [1.807, 2.05) is 24.7 Å². The molecule has 0 N–H and O–H groups in total. The van der Waals surface area contributed by atoms with E-state index in [1.54, 1.807) is 0 Å². The molecule has 0 radical (unpaired) electrons. The van der Waals surface area contributed by atoms with Crippen LogP contribution in [0.5, 0.6) is 0 Å². The van der Waals surface area contributed by atoms with E-state index in [1.165, 1.54) is 5.56 Å². The highest BCUT2D eigenvalue weighted by Gasteiger charge is 2.38. The van der Waals surface area contributed by atoms with E-state index in [-0.39, 0.29) is 0 Å². The highest BCUT2D eigenvalue weighted by Crippen LogP contribution is 2.38. The summed E-state index contributed by atoms with van der Waals surface area (Å²) in [6, 6.07) is 27.4. The molecule has 0 unspecified atom stereocenters. The van der Waals surface area contributed by atoms with Gasteiger partial charge >= 0.3 is 0 Å². The van der Waals surface area contributed by atoms with Crippen molar-refractivity contribution < 1.29 is 4.57 Å². The van der Waals surface area contributed by atoms with Crippen molar-refractivity contribution in [1.82, 2.24) is 19.1 Å². The van der Waals surface area contributed by atoms with E-state index in [0.29, 0.717) is 0 Å². The van der Waals surface area contributed by atoms with Gasteiger partial charge in [-0.15, -0.1) is 0 Å². The lowest BCUT2D eigenvalue weighted by Crippen LogP contribution is -2.33. The van der Waals surface area contributed by atoms with Gasteiger partial charge in [0.25, 0.3) is 11.5 Å². The van der Waals surface area contributed by atoms with Crippen molar-refractivity contribution in [2.24, 2.45) is 0 Å². The first-order valence-corrected chi connectivity index (χ1v) is 10.4. The van der Waals surface area contributed by atoms with Gasteiger partial charge in [0.1, 0.15) is 22.6 Å². The minimum atomic E-state index is 0.797. The normalized spacial score (nSPS) is 12.4. The number of para-hydroxylation sites is 2. The summed E-state index contributed by atoms with van der Waals surface area (Å²) < 4.78 is 7.09. The highest BCUT2D eigenvalue weighted by molar-refractivity contribution is 6.06. The summed E-state index contributed by atoms with van der Waals surface area (Å²) in [6.07, 6.45) is 5.73. The number of hydrogen-bond donors (Lipinski definition) is 0. The van der Waals surface area contributed by atoms with Crippen molar-refractivity contribution in [3.05, 3.63) is 103 Å². The summed E-state index contributed by atoms with van der Waals surface area (Å²) in [4.78, 5) is 9.26. The Balaban J connectivity index is 1.73. The van der Waals surface area contributed by atoms with Gasteiger partial charge in [0.2, 0.25) is 0 Å². The molecule has 5 nitrogen and oxygen atoms in total. The van der Waals surface area contributed by atoms with Gasteiger partial charge in [0.05, 0.1) is 11.9 Å². The first kappa shape index (κ1) is 16.5. The van der Waals surface area contributed by atoms with Crippen molar-refractivity contribution in [2.45, 2.75) is 6.54 Å². The first-order chi connectivity index (χ1) is 15.4. The smallest absolute Gasteiger partial charge is 0.264 e. The summed E-state index contributed by atoms with van der Waals surface area (Å²) in [5.41, 5.74) is 8.01. The molecule has 31 heavy (non-hydrogen) atoms. The Morgan fingerprint density at radius 1 is 0.742 bits per heavy atom. The zero-order valence-corrected chi connectivity index (χ0v) is 16.7. The van der Waals surface area contributed by atoms with E-state index in [4.69, 9.17) is 4.98 Å². The SMILES string of the molecule is c1ccc(-n2c3[n+](c4c2c2cnccc2n4-c2ccccc2)Cc2cccnc2-3)cc1. The molecule has 1 aliphatic heterocycles. The fourth-order valence-electron chi connectivity index (χ4n) is 4.89. The number of benzene rings is 2. The second-order valence-corrected chi connectivity index (χ2v) is 7.83. The Morgan fingerprint density at radius 3 is 2.26 bits per heavy atom. The van der Waals surface area contributed by atoms with E-state index in [9.17, 15) is 0 Å². The number of rotatable bonds is 2. The van der Waals surface area contributed by atoms with Gasteiger partial charge in [0, 0.05) is 24.2 Å². The number of imidazole rings is 1. The molecule has 0 saturated heterocycles. The van der Waals surface area contributed by atoms with Crippen LogP contribution in [0, 0.1) is 0 Å². The van der Waals surface area contributed by atoms with Crippen LogP contribution in [0.25, 0.3) is 45.0 Å². The monoisotopic (exact) mass is 400 g/mol. The third-order valence-corrected chi connectivity index (χ3v) is 6.12. The van der Waals surface area contributed by atoms with Crippen LogP contribution in [-0.4, -0.2) is 19.1 Å². The topological polar surface area (TPSA) is 39.5 Å². The van der Waals surface area contributed by atoms with E-state index < -0.39 is 0 Å². The Hall–Kier alpha value is -4.25. The molecular formula is C26H18N5+. The number of aromatic nitrogens is 5. The summed E-state index contributed by atoms with van der Waals surface area (Å²) in [7, 11) is 0. The lowest BCUT2D eigenvalue weighted by molar-refractivity contribution is -0.648. The van der Waals surface area contributed by atoms with E-state index >= 15 is 0 Å². The predicted molar refractivity (Wildman–Crippen MR) is 120 cm³/mol. The fourth-order valence-corrected chi connectivity index (χ4v) is 4.89. The third kappa shape index (κ3) is 2.17. The summed E-state index contributed by atoms with van der Waals surface area (Å²) in [5, 5.41) is 1.13. The lowest BCUT2D eigenvalue weighted by atomic mass is 10.2. The molecule has 2 aromatic carbocycles. The second kappa shape index (κ2) is 6.12. The average Bonchev–Trinajstić information content (AvgIpc) is 3.47. The van der Waals surface area contributed by atoms with Crippen molar-refractivity contribution >= 4 is 22.1 Å². The minimum Gasteiger partial charge on any atom is -0.264 e. The van der Waals surface area contributed by atoms with Crippen LogP contribution in [0.3, 0.4) is 0 Å². The predicted octanol–water partition coefficient (Wildman–Crippen LogP) is 4.68. The molecule has 0 amide bonds. The van der Waals surface area contributed by atoms with Gasteiger partial charge in [-0.3, -0.25) is 4.98 Å². The first-order valence-electron chi connectivity index (χ1n) is 10.4. The quantitative estimate of drug-likeness (QED) is 0.395. The molecule has 146 valence electrons. The van der Waals surface area contributed by atoms with Crippen LogP contribution in [0.4, 0.5) is 0 Å². The molecule has 0 atom stereocenters. The van der Waals surface area contributed by atoms with Crippen LogP contribution in [-0.2, 0) is 6.54 Å². The van der Waals surface area contributed by atoms with Crippen LogP contribution >= 0.6 is 0 Å². The standard InChI is InChI=1S/C26H18N5/c1-3-9-19(10-4-1)30-22-13-15-27-16-21(22)24-26(30)29-17-18-8-7-14-28-23(18)25(29)31(24)20-11-5-2-6-12-20/h1-16H,17H2/q+1. The Morgan fingerprint density at radius 2 is 1.48 bits per heavy atom. The molecule has 0 bridgehead atoms. The zero-order valence-electron chi connectivity index (χ0n) is 16.7. The van der Waals surface area contributed by atoms with Crippen LogP contribution in [0.2, 0.25) is 0 Å². The maximum absolute atomic E-state index is 4.78. The van der Waals surface area contributed by atoms with Crippen molar-refractivity contribution in [2.75, 3.05) is 0 Å². The molecule has 0 spiro atoms. The molecule has 0 fully saturated rings. The number of nitrogens with zero attached hydrogens (tertiary/aromatic N) is 5. The van der Waals surface area contributed by atoms with Gasteiger partial charge < -0.3 is 0 Å². The van der Waals surface area contributed by atoms with Crippen LogP contribution in [0.15, 0.2) is 97.5 Å². The van der Waals surface area contributed by atoms with Crippen molar-refractivity contribution in [3.63, 3.8) is 0 Å². The minimum absolute atomic E-state index is 0.797. The molecule has 0 aliphatic carbocycles. The third-order valence-electron chi connectivity index (χ3n) is 6.12. The summed E-state index contributed by atoms with van der Waals surface area (Å²) >= 11 is 0. The maximum Gasteiger partial charge on any atom is 0.275 e.